The summed E-state index contributed by atoms with van der Waals surface area (Å²) in [5, 5.41) is 2.59. The van der Waals surface area contributed by atoms with Crippen molar-refractivity contribution in [3.8, 4) is 0 Å². The number of ketones is 1. The standard InChI is InChI=1S/C18H25N3O6/c1-5-26-18(25)16-15(11(2)22)12(3)27-17(16)19-14(24)10-20-6-8-21(9-7-20)13(4)23/h5-10H2,1-4H3,(H,19,24)/p+1. The van der Waals surface area contributed by atoms with Crippen LogP contribution in [0.2, 0.25) is 0 Å². The molecule has 1 aliphatic rings. The molecule has 27 heavy (non-hydrogen) atoms. The predicted molar refractivity (Wildman–Crippen MR) is 95.9 cm³/mol. The zero-order chi connectivity index (χ0) is 20.1. The highest BCUT2D eigenvalue weighted by atomic mass is 16.5. The first-order valence-electron chi connectivity index (χ1n) is 8.94. The Labute approximate surface area is 157 Å². The molecule has 0 unspecified atom stereocenters. The number of carbonyl (C=O) groups excluding carboxylic acids is 4. The van der Waals surface area contributed by atoms with Crippen LogP contribution in [-0.4, -0.2) is 67.8 Å². The Kier molecular flexibility index (Phi) is 6.73. The number of piperazine rings is 1. The van der Waals surface area contributed by atoms with E-state index in [1.165, 1.54) is 13.8 Å². The van der Waals surface area contributed by atoms with Gasteiger partial charge >= 0.3 is 5.97 Å². The number of quaternary nitrogens is 1. The minimum atomic E-state index is -0.711. The predicted octanol–water partition coefficient (Wildman–Crippen LogP) is -0.347. The summed E-state index contributed by atoms with van der Waals surface area (Å²) in [6, 6.07) is 0. The van der Waals surface area contributed by atoms with Gasteiger partial charge in [-0.15, -0.1) is 0 Å². The molecular formula is C18H26N3O6+. The molecule has 9 heteroatoms. The van der Waals surface area contributed by atoms with E-state index in [0.29, 0.717) is 26.2 Å². The van der Waals surface area contributed by atoms with Crippen molar-refractivity contribution in [2.24, 2.45) is 0 Å². The van der Waals surface area contributed by atoms with E-state index in [1.807, 2.05) is 0 Å². The highest BCUT2D eigenvalue weighted by molar-refractivity contribution is 6.10. The van der Waals surface area contributed by atoms with Crippen LogP contribution in [0.5, 0.6) is 0 Å². The summed E-state index contributed by atoms with van der Waals surface area (Å²) in [4.78, 5) is 50.7. The summed E-state index contributed by atoms with van der Waals surface area (Å²) >= 11 is 0. The van der Waals surface area contributed by atoms with Gasteiger partial charge in [0, 0.05) is 6.92 Å². The van der Waals surface area contributed by atoms with Crippen LogP contribution in [-0.2, 0) is 14.3 Å². The van der Waals surface area contributed by atoms with E-state index in [4.69, 9.17) is 9.15 Å². The summed E-state index contributed by atoms with van der Waals surface area (Å²) in [6.07, 6.45) is 0. The second kappa shape index (κ2) is 8.81. The monoisotopic (exact) mass is 380 g/mol. The van der Waals surface area contributed by atoms with Gasteiger partial charge < -0.3 is 19.0 Å². The Morgan fingerprint density at radius 2 is 1.78 bits per heavy atom. The van der Waals surface area contributed by atoms with Crippen molar-refractivity contribution in [2.75, 3.05) is 44.6 Å². The number of hydrogen-bond donors (Lipinski definition) is 2. The number of furan rings is 1. The quantitative estimate of drug-likeness (QED) is 0.516. The molecule has 0 bridgehead atoms. The molecule has 9 nitrogen and oxygen atoms in total. The number of rotatable bonds is 6. The third-order valence-electron chi connectivity index (χ3n) is 4.50. The van der Waals surface area contributed by atoms with Crippen molar-refractivity contribution >= 4 is 29.5 Å². The Morgan fingerprint density at radius 1 is 1.15 bits per heavy atom. The third kappa shape index (κ3) is 4.94. The van der Waals surface area contributed by atoms with Crippen molar-refractivity contribution in [3.05, 3.63) is 16.9 Å². The number of Topliss-reactive ketones (excluding diaryl/α,β-unsaturated/α-hetero) is 1. The lowest BCUT2D eigenvalue weighted by molar-refractivity contribution is -0.895. The number of amides is 2. The number of hydrogen-bond acceptors (Lipinski definition) is 6. The van der Waals surface area contributed by atoms with E-state index in [0.717, 1.165) is 4.90 Å². The van der Waals surface area contributed by atoms with Gasteiger partial charge in [0.25, 0.3) is 5.91 Å². The number of nitrogens with zero attached hydrogens (tertiary/aromatic N) is 1. The molecule has 1 fully saturated rings. The van der Waals surface area contributed by atoms with Crippen LogP contribution in [0, 0.1) is 6.92 Å². The average molecular weight is 380 g/mol. The molecule has 148 valence electrons. The van der Waals surface area contributed by atoms with Crippen molar-refractivity contribution in [3.63, 3.8) is 0 Å². The Hall–Kier alpha value is -2.68. The van der Waals surface area contributed by atoms with Gasteiger partial charge in [-0.05, 0) is 20.8 Å². The van der Waals surface area contributed by atoms with Crippen LogP contribution in [0.1, 0.15) is 47.2 Å². The first kappa shape index (κ1) is 20.6. The van der Waals surface area contributed by atoms with Gasteiger partial charge in [0.1, 0.15) is 11.3 Å². The van der Waals surface area contributed by atoms with Crippen LogP contribution < -0.4 is 10.2 Å². The molecule has 2 rings (SSSR count). The number of nitrogens with one attached hydrogen (secondary N) is 2. The van der Waals surface area contributed by atoms with Crippen LogP contribution in [0.3, 0.4) is 0 Å². The minimum Gasteiger partial charge on any atom is -0.462 e. The molecular weight excluding hydrogens is 354 g/mol. The van der Waals surface area contributed by atoms with Gasteiger partial charge in [-0.3, -0.25) is 19.7 Å². The van der Waals surface area contributed by atoms with Gasteiger partial charge in [0.05, 0.1) is 38.3 Å². The Morgan fingerprint density at radius 3 is 2.30 bits per heavy atom. The molecule has 0 radical (unpaired) electrons. The maximum absolute atomic E-state index is 12.4. The molecule has 1 aromatic rings. The lowest BCUT2D eigenvalue weighted by atomic mass is 10.1. The largest absolute Gasteiger partial charge is 0.462 e. The SMILES string of the molecule is CCOC(=O)c1c(NC(=O)C[NH+]2CCN(C(C)=O)CC2)oc(C)c1C(C)=O. The zero-order valence-electron chi connectivity index (χ0n) is 16.1. The van der Waals surface area contributed by atoms with E-state index in [2.05, 4.69) is 5.32 Å². The van der Waals surface area contributed by atoms with Crippen LogP contribution in [0.4, 0.5) is 5.88 Å². The summed E-state index contributed by atoms with van der Waals surface area (Å²) in [6.45, 7) is 8.89. The van der Waals surface area contributed by atoms with Gasteiger partial charge in [0.2, 0.25) is 11.8 Å². The van der Waals surface area contributed by atoms with E-state index in [1.54, 1.807) is 18.7 Å². The first-order valence-corrected chi connectivity index (χ1v) is 8.94. The number of carbonyl (C=O) groups is 4. The Balaban J connectivity index is 2.09. The van der Waals surface area contributed by atoms with Crippen LogP contribution in [0.25, 0.3) is 0 Å². The molecule has 2 heterocycles. The Bertz CT molecular complexity index is 747. The first-order chi connectivity index (χ1) is 12.7. The summed E-state index contributed by atoms with van der Waals surface area (Å²) in [5.74, 6) is -1.18. The van der Waals surface area contributed by atoms with Gasteiger partial charge in [0.15, 0.2) is 12.3 Å². The molecule has 0 aliphatic carbocycles. The smallest absolute Gasteiger partial charge is 0.344 e. The average Bonchev–Trinajstić information content (AvgIpc) is 2.91. The lowest BCUT2D eigenvalue weighted by Gasteiger charge is -2.31. The molecule has 0 saturated carbocycles. The van der Waals surface area contributed by atoms with Crippen molar-refractivity contribution in [2.45, 2.75) is 27.7 Å². The fourth-order valence-corrected chi connectivity index (χ4v) is 3.17. The second-order valence-corrected chi connectivity index (χ2v) is 6.50. The number of ether oxygens (including phenoxy) is 1. The van der Waals surface area contributed by atoms with E-state index < -0.39 is 5.97 Å². The molecule has 0 spiro atoms. The fraction of sp³-hybridized carbons (Fsp3) is 0.556. The maximum atomic E-state index is 12.4. The number of aryl methyl sites for hydroxylation is 1. The summed E-state index contributed by atoms with van der Waals surface area (Å²) < 4.78 is 10.5. The molecule has 1 saturated heterocycles. The highest BCUT2D eigenvalue weighted by Gasteiger charge is 2.30. The number of anilines is 1. The van der Waals surface area contributed by atoms with Gasteiger partial charge in [-0.25, -0.2) is 4.79 Å². The summed E-state index contributed by atoms with van der Waals surface area (Å²) in [7, 11) is 0. The lowest BCUT2D eigenvalue weighted by Crippen LogP contribution is -3.15. The topological polar surface area (TPSA) is 110 Å². The summed E-state index contributed by atoms with van der Waals surface area (Å²) in [5.41, 5.74) is 0.0674. The molecule has 2 N–H and O–H groups in total. The second-order valence-electron chi connectivity index (χ2n) is 6.50. The van der Waals surface area contributed by atoms with Crippen molar-refractivity contribution in [1.29, 1.82) is 0 Å². The maximum Gasteiger partial charge on any atom is 0.344 e. The molecule has 2 amide bonds. The van der Waals surface area contributed by atoms with E-state index in [9.17, 15) is 19.2 Å². The normalized spacial score (nSPS) is 14.7. The zero-order valence-corrected chi connectivity index (χ0v) is 16.1. The highest BCUT2D eigenvalue weighted by Crippen LogP contribution is 2.28. The van der Waals surface area contributed by atoms with E-state index in [-0.39, 0.29) is 53.5 Å². The van der Waals surface area contributed by atoms with Crippen molar-refractivity contribution < 1.29 is 33.2 Å². The van der Waals surface area contributed by atoms with Gasteiger partial charge in [-0.2, -0.15) is 0 Å². The molecule has 0 atom stereocenters. The minimum absolute atomic E-state index is 0.0282. The third-order valence-corrected chi connectivity index (χ3v) is 4.50. The molecule has 1 aromatic heterocycles. The number of esters is 1. The molecule has 1 aliphatic heterocycles. The van der Waals surface area contributed by atoms with E-state index >= 15 is 0 Å². The molecule has 0 aromatic carbocycles. The van der Waals surface area contributed by atoms with Gasteiger partial charge in [-0.1, -0.05) is 0 Å². The van der Waals surface area contributed by atoms with Crippen molar-refractivity contribution in [1.82, 2.24) is 4.90 Å². The fourth-order valence-electron chi connectivity index (χ4n) is 3.17. The van der Waals surface area contributed by atoms with Crippen LogP contribution in [0.15, 0.2) is 4.42 Å². The van der Waals surface area contributed by atoms with Crippen LogP contribution >= 0.6 is 0 Å².